The largest absolute Gasteiger partial charge is 0.319 e. The Kier molecular flexibility index (Phi) is 4.71. The molecule has 0 atom stereocenters. The van der Waals surface area contributed by atoms with Gasteiger partial charge < -0.3 is 5.32 Å². The van der Waals surface area contributed by atoms with Crippen molar-refractivity contribution in [3.63, 3.8) is 0 Å². The van der Waals surface area contributed by atoms with E-state index in [0.717, 1.165) is 17.7 Å². The Morgan fingerprint density at radius 3 is 2.96 bits per heavy atom. The van der Waals surface area contributed by atoms with Gasteiger partial charge in [0.1, 0.15) is 5.82 Å². The van der Waals surface area contributed by atoms with E-state index in [2.05, 4.69) is 15.4 Å². The maximum atomic E-state index is 13.8. The van der Waals surface area contributed by atoms with Crippen LogP contribution in [0.3, 0.4) is 0 Å². The van der Waals surface area contributed by atoms with Crippen LogP contribution in [0.1, 0.15) is 26.5 Å². The molecular formula is C17H17FN4OS. The number of halogens is 1. The summed E-state index contributed by atoms with van der Waals surface area (Å²) in [6.07, 6.45) is 4.13. The summed E-state index contributed by atoms with van der Waals surface area (Å²) in [5, 5.41) is 6.90. The standard InChI is InChI=1S/C17H17FN4OS/c1-11-3-4-15(18)14(7-11)17(23)21-13-8-20-22(9-13)6-5-16-12(2)19-10-24-16/h3-4,7-10H,5-6H2,1-2H3,(H,21,23). The van der Waals surface area contributed by atoms with E-state index in [1.54, 1.807) is 34.5 Å². The summed E-state index contributed by atoms with van der Waals surface area (Å²) < 4.78 is 15.5. The van der Waals surface area contributed by atoms with Gasteiger partial charge in [-0.15, -0.1) is 11.3 Å². The SMILES string of the molecule is Cc1ccc(F)c(C(=O)Nc2cnn(CCc3scnc3C)c2)c1. The zero-order valence-corrected chi connectivity index (χ0v) is 14.2. The van der Waals surface area contributed by atoms with Crippen LogP contribution in [0.25, 0.3) is 0 Å². The van der Waals surface area contributed by atoms with E-state index in [4.69, 9.17) is 0 Å². The number of rotatable bonds is 5. The number of carbonyl (C=O) groups excluding carboxylic acids is 1. The number of nitrogens with zero attached hydrogens (tertiary/aromatic N) is 3. The highest BCUT2D eigenvalue weighted by Gasteiger charge is 2.13. The molecule has 0 aliphatic carbocycles. The number of thiazole rings is 1. The maximum Gasteiger partial charge on any atom is 0.258 e. The van der Waals surface area contributed by atoms with Crippen LogP contribution in [0.4, 0.5) is 10.1 Å². The summed E-state index contributed by atoms with van der Waals surface area (Å²) in [5.41, 5.74) is 4.27. The highest BCUT2D eigenvalue weighted by atomic mass is 32.1. The quantitative estimate of drug-likeness (QED) is 0.769. The molecule has 0 radical (unpaired) electrons. The van der Waals surface area contributed by atoms with Gasteiger partial charge >= 0.3 is 0 Å². The zero-order chi connectivity index (χ0) is 17.1. The lowest BCUT2D eigenvalue weighted by Crippen LogP contribution is -2.13. The smallest absolute Gasteiger partial charge is 0.258 e. The predicted octanol–water partition coefficient (Wildman–Crippen LogP) is 3.59. The molecule has 24 heavy (non-hydrogen) atoms. The molecule has 0 unspecified atom stereocenters. The molecule has 124 valence electrons. The Balaban J connectivity index is 1.64. The molecule has 2 heterocycles. The molecular weight excluding hydrogens is 327 g/mol. The first-order valence-electron chi connectivity index (χ1n) is 7.52. The van der Waals surface area contributed by atoms with E-state index in [-0.39, 0.29) is 5.56 Å². The van der Waals surface area contributed by atoms with Crippen molar-refractivity contribution in [2.45, 2.75) is 26.8 Å². The van der Waals surface area contributed by atoms with Crippen molar-refractivity contribution in [1.82, 2.24) is 14.8 Å². The fourth-order valence-electron chi connectivity index (χ4n) is 2.34. The molecule has 7 heteroatoms. The van der Waals surface area contributed by atoms with Crippen LogP contribution in [0, 0.1) is 19.7 Å². The fourth-order valence-corrected chi connectivity index (χ4v) is 3.11. The second-order valence-electron chi connectivity index (χ2n) is 5.54. The third kappa shape index (κ3) is 3.68. The molecule has 1 N–H and O–H groups in total. The normalized spacial score (nSPS) is 10.8. The first-order valence-corrected chi connectivity index (χ1v) is 8.40. The Hall–Kier alpha value is -2.54. The van der Waals surface area contributed by atoms with Crippen LogP contribution >= 0.6 is 11.3 Å². The van der Waals surface area contributed by atoms with Gasteiger partial charge in [-0.3, -0.25) is 9.48 Å². The van der Waals surface area contributed by atoms with Gasteiger partial charge in [0, 0.05) is 24.0 Å². The van der Waals surface area contributed by atoms with E-state index < -0.39 is 11.7 Å². The molecule has 0 aliphatic heterocycles. The van der Waals surface area contributed by atoms with Gasteiger partial charge in [-0.2, -0.15) is 5.10 Å². The maximum absolute atomic E-state index is 13.8. The van der Waals surface area contributed by atoms with E-state index in [1.807, 2.05) is 19.4 Å². The third-order valence-corrected chi connectivity index (χ3v) is 4.67. The van der Waals surface area contributed by atoms with Gasteiger partial charge in [0.2, 0.25) is 0 Å². The van der Waals surface area contributed by atoms with E-state index in [1.165, 1.54) is 17.0 Å². The molecule has 3 rings (SSSR count). The van der Waals surface area contributed by atoms with Crippen molar-refractivity contribution < 1.29 is 9.18 Å². The first-order chi connectivity index (χ1) is 11.5. The van der Waals surface area contributed by atoms with Gasteiger partial charge in [-0.25, -0.2) is 9.37 Å². The number of amides is 1. The second-order valence-corrected chi connectivity index (χ2v) is 6.48. The Bertz CT molecular complexity index is 871. The van der Waals surface area contributed by atoms with Gasteiger partial charge in [0.05, 0.1) is 28.7 Å². The molecule has 3 aromatic rings. The van der Waals surface area contributed by atoms with Crippen molar-refractivity contribution in [1.29, 1.82) is 0 Å². The average Bonchev–Trinajstić information content (AvgIpc) is 3.16. The van der Waals surface area contributed by atoms with Gasteiger partial charge in [-0.1, -0.05) is 11.6 Å². The van der Waals surface area contributed by atoms with Gasteiger partial charge in [0.15, 0.2) is 0 Å². The van der Waals surface area contributed by atoms with Crippen LogP contribution in [-0.2, 0) is 13.0 Å². The molecule has 1 aromatic carbocycles. The third-order valence-electron chi connectivity index (χ3n) is 3.67. The van der Waals surface area contributed by atoms with Gasteiger partial charge in [0.25, 0.3) is 5.91 Å². The van der Waals surface area contributed by atoms with Crippen molar-refractivity contribution in [3.8, 4) is 0 Å². The molecule has 1 amide bonds. The number of anilines is 1. The van der Waals surface area contributed by atoms with Crippen molar-refractivity contribution >= 4 is 22.9 Å². The number of carbonyl (C=O) groups is 1. The number of nitrogens with one attached hydrogen (secondary N) is 1. The molecule has 0 saturated heterocycles. The summed E-state index contributed by atoms with van der Waals surface area (Å²) in [5.74, 6) is -1.01. The molecule has 0 spiro atoms. The molecule has 0 aliphatic rings. The first kappa shape index (κ1) is 16.3. The number of aromatic nitrogens is 3. The molecule has 2 aromatic heterocycles. The molecule has 5 nitrogen and oxygen atoms in total. The second kappa shape index (κ2) is 6.92. The summed E-state index contributed by atoms with van der Waals surface area (Å²) >= 11 is 1.62. The van der Waals surface area contributed by atoms with Crippen molar-refractivity contribution in [2.75, 3.05) is 5.32 Å². The highest BCUT2D eigenvalue weighted by Crippen LogP contribution is 2.15. The van der Waals surface area contributed by atoms with E-state index >= 15 is 0 Å². The monoisotopic (exact) mass is 344 g/mol. The van der Waals surface area contributed by atoms with Crippen LogP contribution < -0.4 is 5.32 Å². The summed E-state index contributed by atoms with van der Waals surface area (Å²) in [4.78, 5) is 17.6. The van der Waals surface area contributed by atoms with Crippen molar-refractivity contribution in [2.24, 2.45) is 0 Å². The highest BCUT2D eigenvalue weighted by molar-refractivity contribution is 7.09. The van der Waals surface area contributed by atoms with Crippen LogP contribution in [-0.4, -0.2) is 20.7 Å². The molecule has 0 fully saturated rings. The fraction of sp³-hybridized carbons (Fsp3) is 0.235. The lowest BCUT2D eigenvalue weighted by Gasteiger charge is -2.05. The summed E-state index contributed by atoms with van der Waals surface area (Å²) in [6, 6.07) is 4.46. The Labute approximate surface area is 143 Å². The lowest BCUT2D eigenvalue weighted by atomic mass is 10.1. The Morgan fingerprint density at radius 1 is 1.38 bits per heavy atom. The minimum atomic E-state index is -0.536. The summed E-state index contributed by atoms with van der Waals surface area (Å²) in [6.45, 7) is 4.49. The molecule has 0 bridgehead atoms. The van der Waals surface area contributed by atoms with E-state index in [0.29, 0.717) is 12.2 Å². The average molecular weight is 344 g/mol. The number of hydrogen-bond donors (Lipinski definition) is 1. The molecule has 0 saturated carbocycles. The Morgan fingerprint density at radius 2 is 2.21 bits per heavy atom. The number of benzene rings is 1. The van der Waals surface area contributed by atoms with Gasteiger partial charge in [-0.05, 0) is 26.0 Å². The lowest BCUT2D eigenvalue weighted by molar-refractivity contribution is 0.102. The van der Waals surface area contributed by atoms with Crippen LogP contribution in [0.15, 0.2) is 36.1 Å². The zero-order valence-electron chi connectivity index (χ0n) is 13.4. The number of aryl methyl sites for hydroxylation is 4. The van der Waals surface area contributed by atoms with E-state index in [9.17, 15) is 9.18 Å². The minimum Gasteiger partial charge on any atom is -0.319 e. The minimum absolute atomic E-state index is 0.0306. The summed E-state index contributed by atoms with van der Waals surface area (Å²) in [7, 11) is 0. The van der Waals surface area contributed by atoms with Crippen LogP contribution in [0.5, 0.6) is 0 Å². The predicted molar refractivity (Wildman–Crippen MR) is 91.9 cm³/mol. The van der Waals surface area contributed by atoms with Crippen LogP contribution in [0.2, 0.25) is 0 Å². The number of hydrogen-bond acceptors (Lipinski definition) is 4. The topological polar surface area (TPSA) is 59.8 Å². The van der Waals surface area contributed by atoms with Crippen molar-refractivity contribution in [3.05, 3.63) is 63.6 Å².